The fourth-order valence-corrected chi connectivity index (χ4v) is 2.52. The summed E-state index contributed by atoms with van der Waals surface area (Å²) in [7, 11) is 1.79. The van der Waals surface area contributed by atoms with Gasteiger partial charge in [-0.2, -0.15) is 0 Å². The number of hydrogen-bond donors (Lipinski definition) is 2. The van der Waals surface area contributed by atoms with Gasteiger partial charge in [-0.25, -0.2) is 0 Å². The van der Waals surface area contributed by atoms with E-state index in [1.165, 1.54) is 0 Å². The number of nitrogens with two attached hydrogens (primary N) is 1. The van der Waals surface area contributed by atoms with E-state index in [-0.39, 0.29) is 24.5 Å². The average molecular weight is 315 g/mol. The molecule has 0 unspecified atom stereocenters. The Kier molecular flexibility index (Phi) is 5.22. The van der Waals surface area contributed by atoms with Crippen molar-refractivity contribution in [2.75, 3.05) is 39.8 Å². The minimum absolute atomic E-state index is 0.104. The lowest BCUT2D eigenvalue weighted by molar-refractivity contribution is -0.119. The van der Waals surface area contributed by atoms with Crippen LogP contribution in [0.25, 0.3) is 0 Å². The minimum atomic E-state index is -0.387. The first kappa shape index (κ1) is 15.8. The number of nitrogens with one attached hydrogen (secondary N) is 1. The van der Waals surface area contributed by atoms with Gasteiger partial charge in [0, 0.05) is 25.8 Å². The van der Waals surface area contributed by atoms with Gasteiger partial charge in [-0.05, 0) is 13.1 Å². The van der Waals surface area contributed by atoms with Crippen LogP contribution in [0.5, 0.6) is 0 Å². The predicted octanol–water partition coefficient (Wildman–Crippen LogP) is -0.0738. The van der Waals surface area contributed by atoms with Crippen LogP contribution >= 0.6 is 11.6 Å². The van der Waals surface area contributed by atoms with Crippen LogP contribution in [0.2, 0.25) is 5.02 Å². The number of likely N-dealkylation sites (N-methyl/N-ethyl adjacent to an activating group) is 1. The summed E-state index contributed by atoms with van der Waals surface area (Å²) in [6.45, 7) is 2.18. The maximum absolute atomic E-state index is 12.3. The van der Waals surface area contributed by atoms with Gasteiger partial charge in [0.05, 0.1) is 24.3 Å². The molecule has 1 fully saturated rings. The van der Waals surface area contributed by atoms with Crippen LogP contribution in [0.3, 0.4) is 0 Å². The second kappa shape index (κ2) is 6.93. The van der Waals surface area contributed by atoms with Crippen molar-refractivity contribution < 1.29 is 14.3 Å². The summed E-state index contributed by atoms with van der Waals surface area (Å²) in [5.74, 6) is -0.491. The van der Waals surface area contributed by atoms with Crippen molar-refractivity contribution >= 4 is 23.4 Å². The molecule has 1 atom stereocenters. The second-order valence-corrected chi connectivity index (χ2v) is 5.58. The summed E-state index contributed by atoms with van der Waals surface area (Å²) in [4.78, 5) is 29.5. The van der Waals surface area contributed by atoms with E-state index >= 15 is 0 Å². The van der Waals surface area contributed by atoms with Crippen molar-refractivity contribution in [1.82, 2.24) is 14.8 Å². The Hall–Kier alpha value is -1.57. The Morgan fingerprint density at radius 1 is 1.62 bits per heavy atom. The van der Waals surface area contributed by atoms with E-state index in [0.717, 1.165) is 0 Å². The largest absolute Gasteiger partial charge is 0.373 e. The van der Waals surface area contributed by atoms with E-state index in [1.807, 2.05) is 0 Å². The SMILES string of the molecule is CN(CC(N)=O)C[C@@H]1CN(C(=O)c2cc(Cl)c[nH]2)CCO1. The van der Waals surface area contributed by atoms with Gasteiger partial charge in [-0.3, -0.25) is 14.5 Å². The van der Waals surface area contributed by atoms with E-state index < -0.39 is 0 Å². The third kappa shape index (κ3) is 4.45. The molecule has 3 N–H and O–H groups in total. The summed E-state index contributed by atoms with van der Waals surface area (Å²) >= 11 is 5.81. The molecule has 1 saturated heterocycles. The van der Waals surface area contributed by atoms with Gasteiger partial charge >= 0.3 is 0 Å². The van der Waals surface area contributed by atoms with Crippen LogP contribution in [-0.4, -0.2) is 72.5 Å². The van der Waals surface area contributed by atoms with E-state index in [9.17, 15) is 9.59 Å². The topological polar surface area (TPSA) is 91.7 Å². The molecule has 0 spiro atoms. The average Bonchev–Trinajstić information content (AvgIpc) is 2.84. The monoisotopic (exact) mass is 314 g/mol. The van der Waals surface area contributed by atoms with Crippen LogP contribution in [0.4, 0.5) is 0 Å². The number of aromatic amines is 1. The Morgan fingerprint density at radius 3 is 3.00 bits per heavy atom. The highest BCUT2D eigenvalue weighted by molar-refractivity contribution is 6.30. The number of hydrogen-bond acceptors (Lipinski definition) is 4. The number of morpholine rings is 1. The summed E-state index contributed by atoms with van der Waals surface area (Å²) in [6, 6.07) is 1.60. The van der Waals surface area contributed by atoms with Crippen LogP contribution in [0.15, 0.2) is 12.3 Å². The zero-order chi connectivity index (χ0) is 15.4. The first-order valence-electron chi connectivity index (χ1n) is 6.67. The predicted molar refractivity (Wildman–Crippen MR) is 78.1 cm³/mol. The van der Waals surface area contributed by atoms with E-state index in [4.69, 9.17) is 22.1 Å². The lowest BCUT2D eigenvalue weighted by Crippen LogP contribution is -2.50. The fourth-order valence-electron chi connectivity index (χ4n) is 2.35. The molecule has 2 rings (SSSR count). The highest BCUT2D eigenvalue weighted by Crippen LogP contribution is 2.14. The van der Waals surface area contributed by atoms with Gasteiger partial charge in [0.1, 0.15) is 5.69 Å². The molecule has 1 aromatic heterocycles. The molecule has 1 aromatic rings. The summed E-state index contributed by atoms with van der Waals surface area (Å²) in [5, 5.41) is 0.504. The molecular formula is C13H19ClN4O3. The van der Waals surface area contributed by atoms with E-state index in [0.29, 0.717) is 37.0 Å². The van der Waals surface area contributed by atoms with Crippen LogP contribution in [0.1, 0.15) is 10.5 Å². The number of amides is 2. The number of aromatic nitrogens is 1. The van der Waals surface area contributed by atoms with Gasteiger partial charge in [-0.1, -0.05) is 11.6 Å². The molecule has 21 heavy (non-hydrogen) atoms. The van der Waals surface area contributed by atoms with Crippen molar-refractivity contribution in [2.24, 2.45) is 5.73 Å². The van der Waals surface area contributed by atoms with Crippen LogP contribution in [-0.2, 0) is 9.53 Å². The standard InChI is InChI=1S/C13H19ClN4O3/c1-17(8-12(15)19)6-10-7-18(2-3-21-10)13(20)11-4-9(14)5-16-11/h4-5,10,16H,2-3,6-8H2,1H3,(H2,15,19)/t10-/m1/s1. The maximum Gasteiger partial charge on any atom is 0.270 e. The smallest absolute Gasteiger partial charge is 0.270 e. The van der Waals surface area contributed by atoms with Crippen molar-refractivity contribution in [2.45, 2.75) is 6.10 Å². The molecule has 0 saturated carbocycles. The van der Waals surface area contributed by atoms with E-state index in [1.54, 1.807) is 29.1 Å². The van der Waals surface area contributed by atoms with Crippen LogP contribution < -0.4 is 5.73 Å². The molecule has 0 aliphatic carbocycles. The molecule has 116 valence electrons. The van der Waals surface area contributed by atoms with Gasteiger partial charge in [0.25, 0.3) is 5.91 Å². The third-order valence-electron chi connectivity index (χ3n) is 3.25. The molecule has 0 aromatic carbocycles. The maximum atomic E-state index is 12.3. The molecule has 1 aliphatic heterocycles. The van der Waals surface area contributed by atoms with Gasteiger partial charge < -0.3 is 20.4 Å². The number of primary amides is 1. The fraction of sp³-hybridized carbons (Fsp3) is 0.538. The molecule has 1 aliphatic rings. The number of nitrogens with zero attached hydrogens (tertiary/aromatic N) is 2. The number of ether oxygens (including phenoxy) is 1. The molecule has 2 heterocycles. The zero-order valence-corrected chi connectivity index (χ0v) is 12.6. The van der Waals surface area contributed by atoms with Crippen molar-refractivity contribution in [3.05, 3.63) is 23.0 Å². The van der Waals surface area contributed by atoms with E-state index in [2.05, 4.69) is 4.98 Å². The van der Waals surface area contributed by atoms with Gasteiger partial charge in [-0.15, -0.1) is 0 Å². The minimum Gasteiger partial charge on any atom is -0.373 e. The quantitative estimate of drug-likeness (QED) is 0.795. The molecule has 7 nitrogen and oxygen atoms in total. The van der Waals surface area contributed by atoms with Crippen molar-refractivity contribution in [1.29, 1.82) is 0 Å². The summed E-state index contributed by atoms with van der Waals surface area (Å²) < 4.78 is 5.63. The molecule has 2 amide bonds. The highest BCUT2D eigenvalue weighted by Gasteiger charge is 2.26. The normalized spacial score (nSPS) is 19.0. The van der Waals surface area contributed by atoms with Gasteiger partial charge in [0.15, 0.2) is 0 Å². The lowest BCUT2D eigenvalue weighted by Gasteiger charge is -2.34. The Morgan fingerprint density at radius 2 is 2.38 bits per heavy atom. The molecule has 0 radical (unpaired) electrons. The Bertz CT molecular complexity index is 519. The summed E-state index contributed by atoms with van der Waals surface area (Å²) in [6.07, 6.45) is 1.44. The number of carbonyl (C=O) groups is 2. The highest BCUT2D eigenvalue weighted by atomic mass is 35.5. The number of halogens is 1. The number of rotatable bonds is 5. The third-order valence-corrected chi connectivity index (χ3v) is 3.46. The molecule has 8 heteroatoms. The first-order chi connectivity index (χ1) is 9.95. The zero-order valence-electron chi connectivity index (χ0n) is 11.8. The Labute approximate surface area is 128 Å². The number of H-pyrrole nitrogens is 1. The van der Waals surface area contributed by atoms with Crippen LogP contribution in [0, 0.1) is 0 Å². The van der Waals surface area contributed by atoms with Crippen molar-refractivity contribution in [3.8, 4) is 0 Å². The summed E-state index contributed by atoms with van der Waals surface area (Å²) in [5.41, 5.74) is 5.61. The lowest BCUT2D eigenvalue weighted by atomic mass is 10.2. The first-order valence-corrected chi connectivity index (χ1v) is 7.05. The van der Waals surface area contributed by atoms with Crippen molar-refractivity contribution in [3.63, 3.8) is 0 Å². The molecule has 0 bridgehead atoms. The molecular weight excluding hydrogens is 296 g/mol. The Balaban J connectivity index is 1.91. The number of carbonyl (C=O) groups excluding carboxylic acids is 2. The van der Waals surface area contributed by atoms with Gasteiger partial charge in [0.2, 0.25) is 5.91 Å². The second-order valence-electron chi connectivity index (χ2n) is 5.14.